The molecule has 0 saturated heterocycles. The van der Waals surface area contributed by atoms with Gasteiger partial charge in [0.05, 0.1) is 0 Å². The summed E-state index contributed by atoms with van der Waals surface area (Å²) >= 11 is 0. The molecular formula is C27H42O3. The highest BCUT2D eigenvalue weighted by molar-refractivity contribution is 5.90. The van der Waals surface area contributed by atoms with Gasteiger partial charge < -0.3 is 9.47 Å². The molecule has 1 aliphatic heterocycles. The summed E-state index contributed by atoms with van der Waals surface area (Å²) in [4.78, 5) is 11.8. The van der Waals surface area contributed by atoms with Crippen LogP contribution in [0.5, 0.6) is 0 Å². The topological polar surface area (TPSA) is 35.5 Å². The molecule has 0 radical (unpaired) electrons. The number of hydrogen-bond acceptors (Lipinski definition) is 3. The number of esters is 1. The first-order chi connectivity index (χ1) is 14.2. The number of hydrogen-bond donors (Lipinski definition) is 0. The predicted molar refractivity (Wildman–Crippen MR) is 125 cm³/mol. The second-order valence-electron chi connectivity index (χ2n) is 9.60. The minimum absolute atomic E-state index is 0.232. The van der Waals surface area contributed by atoms with Crippen LogP contribution in [-0.4, -0.2) is 18.9 Å². The lowest BCUT2D eigenvalue weighted by Gasteiger charge is -2.35. The molecule has 1 aliphatic carbocycles. The number of carbonyl (C=O) groups is 1. The van der Waals surface area contributed by atoms with Gasteiger partial charge in [0, 0.05) is 12.2 Å². The van der Waals surface area contributed by atoms with Crippen molar-refractivity contribution in [2.24, 2.45) is 5.41 Å². The first kappa shape index (κ1) is 24.7. The van der Waals surface area contributed by atoms with Gasteiger partial charge in [0.1, 0.15) is 0 Å². The zero-order chi connectivity index (χ0) is 22.1. The molecule has 0 aromatic carbocycles. The van der Waals surface area contributed by atoms with Crippen molar-refractivity contribution in [3.63, 3.8) is 0 Å². The zero-order valence-corrected chi connectivity index (χ0v) is 20.1. The van der Waals surface area contributed by atoms with Crippen molar-refractivity contribution in [2.75, 3.05) is 6.61 Å². The number of rotatable bonds is 11. The molecule has 3 heteroatoms. The van der Waals surface area contributed by atoms with Gasteiger partial charge in [0.25, 0.3) is 0 Å². The molecule has 0 aromatic rings. The molecule has 2 aliphatic rings. The minimum atomic E-state index is -0.491. The SMILES string of the molecule is CCO[C@H]1C=C(CC/C=C(\C)CC/C=C(\C)CCC2=C(C)CCCC2(C)C)C(=O)O1. The van der Waals surface area contributed by atoms with E-state index in [0.29, 0.717) is 12.0 Å². The van der Waals surface area contributed by atoms with Crippen LogP contribution < -0.4 is 0 Å². The Bertz CT molecular complexity index is 718. The fourth-order valence-electron chi connectivity index (χ4n) is 4.65. The van der Waals surface area contributed by atoms with E-state index < -0.39 is 6.29 Å². The molecule has 2 rings (SSSR count). The summed E-state index contributed by atoms with van der Waals surface area (Å²) in [6.45, 7) is 14.1. The highest BCUT2D eigenvalue weighted by atomic mass is 16.7. The van der Waals surface area contributed by atoms with Gasteiger partial charge in [-0.2, -0.15) is 0 Å². The van der Waals surface area contributed by atoms with Crippen LogP contribution in [0.3, 0.4) is 0 Å². The zero-order valence-electron chi connectivity index (χ0n) is 20.1. The van der Waals surface area contributed by atoms with Crippen LogP contribution in [0, 0.1) is 5.41 Å². The van der Waals surface area contributed by atoms with E-state index in [2.05, 4.69) is 46.8 Å². The molecule has 0 bridgehead atoms. The van der Waals surface area contributed by atoms with Crippen LogP contribution in [0.2, 0.25) is 0 Å². The van der Waals surface area contributed by atoms with E-state index in [4.69, 9.17) is 9.47 Å². The maximum Gasteiger partial charge on any atom is 0.336 e. The molecule has 0 spiro atoms. The summed E-state index contributed by atoms with van der Waals surface area (Å²) < 4.78 is 10.5. The lowest BCUT2D eigenvalue weighted by atomic mass is 9.71. The average Bonchev–Trinajstić information content (AvgIpc) is 3.00. The van der Waals surface area contributed by atoms with Crippen LogP contribution in [0.25, 0.3) is 0 Å². The summed E-state index contributed by atoms with van der Waals surface area (Å²) in [5.74, 6) is -0.232. The molecule has 3 nitrogen and oxygen atoms in total. The summed E-state index contributed by atoms with van der Waals surface area (Å²) in [7, 11) is 0. The molecule has 1 atom stereocenters. The lowest BCUT2D eigenvalue weighted by molar-refractivity contribution is -0.158. The Kier molecular flexibility index (Phi) is 9.61. The van der Waals surface area contributed by atoms with Gasteiger partial charge in [0.15, 0.2) is 0 Å². The largest absolute Gasteiger partial charge is 0.429 e. The van der Waals surface area contributed by atoms with Gasteiger partial charge in [-0.25, -0.2) is 4.79 Å². The third-order valence-electron chi connectivity index (χ3n) is 6.55. The van der Waals surface area contributed by atoms with Crippen molar-refractivity contribution < 1.29 is 14.3 Å². The van der Waals surface area contributed by atoms with E-state index in [0.717, 1.165) is 31.3 Å². The van der Waals surface area contributed by atoms with Gasteiger partial charge in [-0.15, -0.1) is 0 Å². The van der Waals surface area contributed by atoms with Crippen molar-refractivity contribution in [3.05, 3.63) is 46.1 Å². The quantitative estimate of drug-likeness (QED) is 0.258. The van der Waals surface area contributed by atoms with Gasteiger partial charge >= 0.3 is 5.97 Å². The third kappa shape index (κ3) is 7.58. The second kappa shape index (κ2) is 11.7. The standard InChI is InChI=1S/C27H42O3/c1-7-29-25-19-23(26(28)30-25)15-9-13-20(2)11-8-12-21(3)16-17-24-22(4)14-10-18-27(24,5)6/h12-13,19,25H,7-11,14-18H2,1-6H3/b20-13+,21-12+/t25-/m1/s1. The second-order valence-corrected chi connectivity index (χ2v) is 9.60. The Morgan fingerprint density at radius 1 is 1.17 bits per heavy atom. The summed E-state index contributed by atoms with van der Waals surface area (Å²) in [6, 6.07) is 0. The molecule has 0 aromatic heterocycles. The van der Waals surface area contributed by atoms with E-state index in [1.54, 1.807) is 11.1 Å². The number of allylic oxidation sites excluding steroid dienone is 6. The summed E-state index contributed by atoms with van der Waals surface area (Å²) in [5.41, 5.74) is 7.34. The number of carbonyl (C=O) groups excluding carboxylic acids is 1. The smallest absolute Gasteiger partial charge is 0.336 e. The van der Waals surface area contributed by atoms with Gasteiger partial charge in [-0.1, -0.05) is 48.3 Å². The van der Waals surface area contributed by atoms with Gasteiger partial charge in [-0.05, 0) is 97.0 Å². The maximum atomic E-state index is 11.8. The van der Waals surface area contributed by atoms with Crippen LogP contribution in [0.4, 0.5) is 0 Å². The summed E-state index contributed by atoms with van der Waals surface area (Å²) in [6.07, 6.45) is 16.1. The van der Waals surface area contributed by atoms with Crippen molar-refractivity contribution >= 4 is 5.97 Å². The normalized spacial score (nSPS) is 22.4. The predicted octanol–water partition coefficient (Wildman–Crippen LogP) is 7.59. The molecule has 0 unspecified atom stereocenters. The minimum Gasteiger partial charge on any atom is -0.429 e. The van der Waals surface area contributed by atoms with Crippen LogP contribution in [-0.2, 0) is 14.3 Å². The van der Waals surface area contributed by atoms with Crippen LogP contribution in [0.1, 0.15) is 99.3 Å². The molecular weight excluding hydrogens is 372 g/mol. The van der Waals surface area contributed by atoms with Gasteiger partial charge in [0.2, 0.25) is 6.29 Å². The third-order valence-corrected chi connectivity index (χ3v) is 6.55. The van der Waals surface area contributed by atoms with E-state index in [9.17, 15) is 4.79 Å². The maximum absolute atomic E-state index is 11.8. The molecule has 1 heterocycles. The van der Waals surface area contributed by atoms with Gasteiger partial charge in [-0.3, -0.25) is 0 Å². The van der Waals surface area contributed by atoms with Crippen molar-refractivity contribution in [1.82, 2.24) is 0 Å². The fourth-order valence-corrected chi connectivity index (χ4v) is 4.65. The monoisotopic (exact) mass is 414 g/mol. The lowest BCUT2D eigenvalue weighted by Crippen LogP contribution is -2.20. The highest BCUT2D eigenvalue weighted by Gasteiger charge is 2.27. The highest BCUT2D eigenvalue weighted by Crippen LogP contribution is 2.42. The summed E-state index contributed by atoms with van der Waals surface area (Å²) in [5, 5.41) is 0. The Balaban J connectivity index is 1.72. The van der Waals surface area contributed by atoms with Crippen molar-refractivity contribution in [1.29, 1.82) is 0 Å². The molecule has 30 heavy (non-hydrogen) atoms. The van der Waals surface area contributed by atoms with Crippen LogP contribution in [0.15, 0.2) is 46.1 Å². The fraction of sp³-hybridized carbons (Fsp3) is 0.667. The molecule has 0 saturated carbocycles. The average molecular weight is 415 g/mol. The van der Waals surface area contributed by atoms with E-state index in [1.165, 1.54) is 43.3 Å². The Morgan fingerprint density at radius 3 is 2.57 bits per heavy atom. The first-order valence-electron chi connectivity index (χ1n) is 11.8. The molecule has 168 valence electrons. The Hall–Kier alpha value is -1.61. The molecule has 0 N–H and O–H groups in total. The van der Waals surface area contributed by atoms with E-state index in [-0.39, 0.29) is 5.97 Å². The van der Waals surface area contributed by atoms with E-state index in [1.807, 2.05) is 13.0 Å². The molecule has 0 fully saturated rings. The Labute approximate surface area is 184 Å². The van der Waals surface area contributed by atoms with E-state index >= 15 is 0 Å². The molecule has 0 amide bonds. The van der Waals surface area contributed by atoms with Crippen molar-refractivity contribution in [2.45, 2.75) is 106 Å². The first-order valence-corrected chi connectivity index (χ1v) is 11.8. The van der Waals surface area contributed by atoms with Crippen molar-refractivity contribution in [3.8, 4) is 0 Å². The Morgan fingerprint density at radius 2 is 1.87 bits per heavy atom. The van der Waals surface area contributed by atoms with Crippen LogP contribution >= 0.6 is 0 Å². The number of ether oxygens (including phenoxy) is 2. The number of cyclic esters (lactones) is 1.